The summed E-state index contributed by atoms with van der Waals surface area (Å²) in [5, 5.41) is 3.20. The second-order valence-corrected chi connectivity index (χ2v) is 10.1. The molecule has 1 saturated carbocycles. The van der Waals surface area contributed by atoms with Gasteiger partial charge in [-0.2, -0.15) is 13.2 Å². The van der Waals surface area contributed by atoms with Crippen LogP contribution in [0.5, 0.6) is 0 Å². The Labute approximate surface area is 211 Å². The Morgan fingerprint density at radius 2 is 1.83 bits per heavy atom. The number of hydrogen-bond acceptors (Lipinski definition) is 5. The Hall–Kier alpha value is -2.29. The van der Waals surface area contributed by atoms with E-state index >= 15 is 0 Å². The number of halogens is 3. The molecule has 0 aromatic carbocycles. The quantitative estimate of drug-likeness (QED) is 0.431. The second kappa shape index (κ2) is 11.8. The van der Waals surface area contributed by atoms with Crippen molar-refractivity contribution >= 4 is 22.7 Å². The first-order valence-corrected chi connectivity index (χ1v) is 13.6. The first-order valence-electron chi connectivity index (χ1n) is 13.6. The monoisotopic (exact) mass is 508 g/mol. The van der Waals surface area contributed by atoms with Crippen LogP contribution < -0.4 is 15.6 Å². The van der Waals surface area contributed by atoms with E-state index in [1.54, 1.807) is 0 Å². The fraction of sp³-hybridized carbons (Fsp3) is 0.704. The molecule has 1 aliphatic heterocycles. The molecule has 1 aliphatic carbocycles. The van der Waals surface area contributed by atoms with Gasteiger partial charge in [-0.25, -0.2) is 4.98 Å². The molecule has 6 nitrogen and oxygen atoms in total. The van der Waals surface area contributed by atoms with Gasteiger partial charge in [0.1, 0.15) is 17.3 Å². The van der Waals surface area contributed by atoms with Crippen molar-refractivity contribution in [1.82, 2.24) is 9.55 Å². The van der Waals surface area contributed by atoms with E-state index < -0.39 is 17.2 Å². The highest BCUT2D eigenvalue weighted by molar-refractivity contribution is 5.84. The van der Waals surface area contributed by atoms with Gasteiger partial charge in [-0.15, -0.1) is 0 Å². The van der Waals surface area contributed by atoms with Gasteiger partial charge in [0.05, 0.1) is 17.6 Å². The van der Waals surface area contributed by atoms with E-state index in [1.807, 2.05) is 9.47 Å². The van der Waals surface area contributed by atoms with E-state index in [1.165, 1.54) is 6.07 Å². The largest absolute Gasteiger partial charge is 0.417 e. The van der Waals surface area contributed by atoms with Gasteiger partial charge in [-0.05, 0) is 38.2 Å². The minimum Gasteiger partial charge on any atom is -0.380 e. The lowest BCUT2D eigenvalue weighted by Crippen LogP contribution is -2.30. The second-order valence-electron chi connectivity index (χ2n) is 10.1. The molecule has 36 heavy (non-hydrogen) atoms. The van der Waals surface area contributed by atoms with Gasteiger partial charge in [0.25, 0.3) is 0 Å². The van der Waals surface area contributed by atoms with Gasteiger partial charge in [0, 0.05) is 37.8 Å². The molecule has 0 amide bonds. The molecule has 0 bridgehead atoms. The van der Waals surface area contributed by atoms with Crippen LogP contribution in [0.25, 0.3) is 11.0 Å². The summed E-state index contributed by atoms with van der Waals surface area (Å²) in [6, 6.07) is 2.57. The molecule has 2 fully saturated rings. The average molecular weight is 509 g/mol. The Balaban J connectivity index is 1.98. The Kier molecular flexibility index (Phi) is 8.80. The third-order valence-electron chi connectivity index (χ3n) is 7.51. The van der Waals surface area contributed by atoms with Crippen LogP contribution in [-0.2, 0) is 10.9 Å². The molecule has 0 spiro atoms. The van der Waals surface area contributed by atoms with Crippen molar-refractivity contribution in [2.24, 2.45) is 0 Å². The summed E-state index contributed by atoms with van der Waals surface area (Å²) in [6.45, 7) is 6.24. The van der Waals surface area contributed by atoms with Gasteiger partial charge in [0.2, 0.25) is 0 Å². The molecule has 0 radical (unpaired) electrons. The topological polar surface area (TPSA) is 59.4 Å². The number of alkyl halides is 3. The molecule has 1 saturated heterocycles. The van der Waals surface area contributed by atoms with Crippen molar-refractivity contribution in [3.63, 3.8) is 0 Å². The van der Waals surface area contributed by atoms with Crippen molar-refractivity contribution < 1.29 is 17.9 Å². The summed E-state index contributed by atoms with van der Waals surface area (Å²) in [5.74, 6) is 0.858. The lowest BCUT2D eigenvalue weighted by atomic mass is 10.0. The van der Waals surface area contributed by atoms with Gasteiger partial charge in [0.15, 0.2) is 5.43 Å². The molecule has 9 heteroatoms. The molecule has 1 atom stereocenters. The van der Waals surface area contributed by atoms with E-state index in [9.17, 15) is 18.0 Å². The fourth-order valence-corrected chi connectivity index (χ4v) is 5.61. The third kappa shape index (κ3) is 5.98. The number of fused-ring (bicyclic) bond motifs is 1. The highest BCUT2D eigenvalue weighted by Crippen LogP contribution is 2.39. The molecule has 2 aliphatic rings. The molecular formula is C27H39F3N4O2. The Morgan fingerprint density at radius 1 is 1.08 bits per heavy atom. The maximum atomic E-state index is 14.4. The smallest absolute Gasteiger partial charge is 0.380 e. The molecule has 2 aromatic heterocycles. The average Bonchev–Trinajstić information content (AvgIpc) is 3.28. The van der Waals surface area contributed by atoms with Crippen LogP contribution in [0.4, 0.5) is 24.8 Å². The summed E-state index contributed by atoms with van der Waals surface area (Å²) in [5.41, 5.74) is -1.38. The zero-order valence-corrected chi connectivity index (χ0v) is 21.5. The number of rotatable bonds is 7. The SMILES string of the molecule is CCCC(CC)Nc1cc(=O)c2c(C(F)(F)F)cc(N3CCCOCC3)nc2n1C1CCCCCC1. The van der Waals surface area contributed by atoms with Crippen LogP contribution in [0.3, 0.4) is 0 Å². The lowest BCUT2D eigenvalue weighted by molar-refractivity contribution is -0.136. The summed E-state index contributed by atoms with van der Waals surface area (Å²) < 4.78 is 50.6. The van der Waals surface area contributed by atoms with Crippen molar-refractivity contribution in [3.05, 3.63) is 27.9 Å². The number of ether oxygens (including phenoxy) is 1. The molecule has 2 aromatic rings. The summed E-state index contributed by atoms with van der Waals surface area (Å²) in [7, 11) is 0. The van der Waals surface area contributed by atoms with Crippen molar-refractivity contribution in [2.75, 3.05) is 36.5 Å². The van der Waals surface area contributed by atoms with Gasteiger partial charge < -0.3 is 19.5 Å². The highest BCUT2D eigenvalue weighted by Gasteiger charge is 2.37. The zero-order chi connectivity index (χ0) is 25.7. The van der Waals surface area contributed by atoms with Gasteiger partial charge in [-0.1, -0.05) is 46.0 Å². The number of anilines is 2. The fourth-order valence-electron chi connectivity index (χ4n) is 5.61. The molecule has 3 heterocycles. The summed E-state index contributed by atoms with van der Waals surface area (Å²) >= 11 is 0. The predicted octanol–water partition coefficient (Wildman–Crippen LogP) is 6.53. The highest BCUT2D eigenvalue weighted by atomic mass is 19.4. The number of pyridine rings is 2. The minimum atomic E-state index is -4.66. The van der Waals surface area contributed by atoms with E-state index in [0.29, 0.717) is 38.5 Å². The van der Waals surface area contributed by atoms with Crippen LogP contribution in [0.2, 0.25) is 0 Å². The Morgan fingerprint density at radius 3 is 2.50 bits per heavy atom. The lowest BCUT2D eigenvalue weighted by Gasteiger charge is -2.29. The predicted molar refractivity (Wildman–Crippen MR) is 138 cm³/mol. The first-order chi connectivity index (χ1) is 17.3. The third-order valence-corrected chi connectivity index (χ3v) is 7.51. The molecule has 4 rings (SSSR count). The minimum absolute atomic E-state index is 0.00599. The van der Waals surface area contributed by atoms with Crippen molar-refractivity contribution in [3.8, 4) is 0 Å². The van der Waals surface area contributed by atoms with Crippen molar-refractivity contribution in [2.45, 2.75) is 96.3 Å². The number of nitrogens with zero attached hydrogens (tertiary/aromatic N) is 3. The van der Waals surface area contributed by atoms with Crippen molar-refractivity contribution in [1.29, 1.82) is 0 Å². The van der Waals surface area contributed by atoms with Gasteiger partial charge in [-0.3, -0.25) is 4.79 Å². The maximum Gasteiger partial charge on any atom is 0.417 e. The molecule has 200 valence electrons. The zero-order valence-electron chi connectivity index (χ0n) is 21.5. The molecule has 1 unspecified atom stereocenters. The first kappa shape index (κ1) is 26.8. The van der Waals surface area contributed by atoms with Crippen LogP contribution >= 0.6 is 0 Å². The van der Waals surface area contributed by atoms with Crippen LogP contribution in [0, 0.1) is 0 Å². The van der Waals surface area contributed by atoms with Crippen LogP contribution in [0.15, 0.2) is 16.9 Å². The molecule has 1 N–H and O–H groups in total. The number of aromatic nitrogens is 2. The van der Waals surface area contributed by atoms with E-state index in [0.717, 1.165) is 63.9 Å². The molecular weight excluding hydrogens is 469 g/mol. The van der Waals surface area contributed by atoms with E-state index in [-0.39, 0.29) is 28.9 Å². The normalized spacial score (nSPS) is 19.2. The summed E-state index contributed by atoms with van der Waals surface area (Å²) in [6.07, 6.45) is 4.79. The van der Waals surface area contributed by atoms with Crippen LogP contribution in [0.1, 0.15) is 89.7 Å². The standard InChI is InChI=1S/C27H39F3N4O2/c1-3-10-19(4-2)31-24-18-22(35)25-21(27(28,29)30)17-23(33-13-9-15-36-16-14-33)32-26(25)34(24)20-11-7-5-6-8-12-20/h17-20,31H,3-16H2,1-2H3. The maximum absolute atomic E-state index is 14.4. The number of nitrogens with one attached hydrogen (secondary N) is 1. The Bertz CT molecular complexity index is 1070. The van der Waals surface area contributed by atoms with E-state index in [2.05, 4.69) is 19.2 Å². The van der Waals surface area contributed by atoms with Gasteiger partial charge >= 0.3 is 6.18 Å². The van der Waals surface area contributed by atoms with Crippen LogP contribution in [-0.4, -0.2) is 41.9 Å². The number of hydrogen-bond donors (Lipinski definition) is 1. The summed E-state index contributed by atoms with van der Waals surface area (Å²) in [4.78, 5) is 20.0. The van der Waals surface area contributed by atoms with E-state index in [4.69, 9.17) is 9.72 Å².